The number of nitrogens with zero attached hydrogens (tertiary/aromatic N) is 2. The summed E-state index contributed by atoms with van der Waals surface area (Å²) < 4.78 is 15.0. The molecule has 18 heavy (non-hydrogen) atoms. The number of methoxy groups -OCH3 is 1. The van der Waals surface area contributed by atoms with Crippen molar-refractivity contribution >= 4 is 17.6 Å². The Kier molecular flexibility index (Phi) is 7.24. The third-order valence-electron chi connectivity index (χ3n) is 1.91. The number of hydrogen-bond donors (Lipinski definition) is 0. The quantitative estimate of drug-likeness (QED) is 0.526. The van der Waals surface area contributed by atoms with Gasteiger partial charge in [0.25, 0.3) is 0 Å². The van der Waals surface area contributed by atoms with Gasteiger partial charge in [-0.25, -0.2) is 9.78 Å². The Bertz CT molecular complexity index is 376. The third-order valence-corrected chi connectivity index (χ3v) is 2.09. The van der Waals surface area contributed by atoms with E-state index in [9.17, 15) is 4.79 Å². The number of rotatable bonds is 8. The maximum Gasteiger partial charge on any atom is 0.358 e. The summed E-state index contributed by atoms with van der Waals surface area (Å²) >= 11 is 5.60. The van der Waals surface area contributed by atoms with Crippen molar-refractivity contribution in [1.82, 2.24) is 9.97 Å². The fraction of sp³-hybridized carbons (Fsp3) is 0.545. The lowest BCUT2D eigenvalue weighted by Gasteiger charge is -2.05. The number of halogens is 1. The second kappa shape index (κ2) is 8.79. The van der Waals surface area contributed by atoms with Crippen LogP contribution < -0.4 is 0 Å². The highest BCUT2D eigenvalue weighted by Gasteiger charge is 2.09. The van der Waals surface area contributed by atoms with E-state index in [0.29, 0.717) is 19.8 Å². The van der Waals surface area contributed by atoms with E-state index in [2.05, 4.69) is 9.97 Å². The topological polar surface area (TPSA) is 70.5 Å². The average Bonchev–Trinajstić information content (AvgIpc) is 2.37. The third kappa shape index (κ3) is 5.90. The van der Waals surface area contributed by atoms with E-state index in [1.54, 1.807) is 7.11 Å². The number of carbonyl (C=O) groups excluding carboxylic acids is 1. The fourth-order valence-corrected chi connectivity index (χ4v) is 1.26. The molecule has 0 aliphatic carbocycles. The SMILES string of the molecule is COCCCOCCOC(=O)c1cncc(Cl)n1. The lowest BCUT2D eigenvalue weighted by atomic mass is 10.4. The molecule has 0 amide bonds. The summed E-state index contributed by atoms with van der Waals surface area (Å²) in [6.45, 7) is 1.73. The number of aromatic nitrogens is 2. The van der Waals surface area contributed by atoms with Gasteiger partial charge in [0.1, 0.15) is 11.8 Å². The molecule has 0 saturated heterocycles. The molecule has 0 N–H and O–H groups in total. The Morgan fingerprint density at radius 2 is 2.11 bits per heavy atom. The van der Waals surface area contributed by atoms with E-state index < -0.39 is 5.97 Å². The van der Waals surface area contributed by atoms with Gasteiger partial charge in [-0.05, 0) is 6.42 Å². The monoisotopic (exact) mass is 274 g/mol. The maximum atomic E-state index is 11.5. The van der Waals surface area contributed by atoms with Crippen molar-refractivity contribution in [3.05, 3.63) is 23.2 Å². The molecule has 0 unspecified atom stereocenters. The molecule has 6 nitrogen and oxygen atoms in total. The summed E-state index contributed by atoms with van der Waals surface area (Å²) in [5, 5.41) is 0.153. The molecule has 0 aliphatic heterocycles. The number of hydrogen-bond acceptors (Lipinski definition) is 6. The molecule has 1 aromatic rings. The molecule has 0 fully saturated rings. The van der Waals surface area contributed by atoms with E-state index >= 15 is 0 Å². The summed E-state index contributed by atoms with van der Waals surface area (Å²) in [6, 6.07) is 0. The van der Waals surface area contributed by atoms with Crippen LogP contribution in [0.1, 0.15) is 16.9 Å². The van der Waals surface area contributed by atoms with Gasteiger partial charge in [-0.15, -0.1) is 0 Å². The van der Waals surface area contributed by atoms with Crippen molar-refractivity contribution in [2.75, 3.05) is 33.5 Å². The van der Waals surface area contributed by atoms with Gasteiger partial charge >= 0.3 is 5.97 Å². The van der Waals surface area contributed by atoms with E-state index in [0.717, 1.165) is 6.42 Å². The molecule has 0 bridgehead atoms. The van der Waals surface area contributed by atoms with Crippen LogP contribution in [0.5, 0.6) is 0 Å². The van der Waals surface area contributed by atoms with Crippen LogP contribution in [0.25, 0.3) is 0 Å². The summed E-state index contributed by atoms with van der Waals surface area (Å²) in [5.41, 5.74) is 0.0851. The molecule has 0 spiro atoms. The minimum absolute atomic E-state index is 0.0851. The van der Waals surface area contributed by atoms with Gasteiger partial charge in [0.05, 0.1) is 19.0 Å². The molecule has 1 aromatic heterocycles. The van der Waals surface area contributed by atoms with Crippen molar-refractivity contribution in [3.8, 4) is 0 Å². The predicted octanol–water partition coefficient (Wildman–Crippen LogP) is 1.34. The highest BCUT2D eigenvalue weighted by atomic mass is 35.5. The first-order chi connectivity index (χ1) is 8.74. The lowest BCUT2D eigenvalue weighted by Crippen LogP contribution is -2.13. The normalized spacial score (nSPS) is 10.3. The second-order valence-corrected chi connectivity index (χ2v) is 3.71. The summed E-state index contributed by atoms with van der Waals surface area (Å²) in [6.07, 6.45) is 3.45. The molecule has 1 heterocycles. The Morgan fingerprint density at radius 1 is 1.28 bits per heavy atom. The number of esters is 1. The van der Waals surface area contributed by atoms with E-state index in [-0.39, 0.29) is 17.5 Å². The zero-order chi connectivity index (χ0) is 13.2. The molecule has 0 radical (unpaired) electrons. The van der Waals surface area contributed by atoms with Crippen molar-refractivity contribution < 1.29 is 19.0 Å². The van der Waals surface area contributed by atoms with Crippen molar-refractivity contribution in [1.29, 1.82) is 0 Å². The largest absolute Gasteiger partial charge is 0.458 e. The zero-order valence-electron chi connectivity index (χ0n) is 10.1. The summed E-state index contributed by atoms with van der Waals surface area (Å²) in [5.74, 6) is -0.564. The number of carbonyl (C=O) groups is 1. The van der Waals surface area contributed by atoms with Gasteiger partial charge < -0.3 is 14.2 Å². The molecule has 0 atom stereocenters. The Hall–Kier alpha value is -1.24. The van der Waals surface area contributed by atoms with Gasteiger partial charge in [0.2, 0.25) is 0 Å². The smallest absolute Gasteiger partial charge is 0.358 e. The van der Waals surface area contributed by atoms with Crippen LogP contribution >= 0.6 is 11.6 Å². The first-order valence-electron chi connectivity index (χ1n) is 5.45. The van der Waals surface area contributed by atoms with Gasteiger partial charge in [-0.1, -0.05) is 11.6 Å². The maximum absolute atomic E-state index is 11.5. The van der Waals surface area contributed by atoms with E-state index in [1.807, 2.05) is 0 Å². The van der Waals surface area contributed by atoms with Crippen LogP contribution in [0.2, 0.25) is 5.15 Å². The molecule has 0 aromatic carbocycles. The lowest BCUT2D eigenvalue weighted by molar-refractivity contribution is 0.0282. The van der Waals surface area contributed by atoms with Crippen LogP contribution in [-0.2, 0) is 14.2 Å². The van der Waals surface area contributed by atoms with Crippen molar-refractivity contribution in [3.63, 3.8) is 0 Å². The van der Waals surface area contributed by atoms with Crippen LogP contribution in [0, 0.1) is 0 Å². The van der Waals surface area contributed by atoms with Gasteiger partial charge in [0, 0.05) is 20.3 Å². The van der Waals surface area contributed by atoms with E-state index in [4.69, 9.17) is 25.8 Å². The molecule has 1 rings (SSSR count). The Labute approximate surface area is 110 Å². The molecule has 0 aliphatic rings. The molecular formula is C11H15ClN2O4. The predicted molar refractivity (Wildman–Crippen MR) is 64.6 cm³/mol. The van der Waals surface area contributed by atoms with Crippen LogP contribution in [-0.4, -0.2) is 49.5 Å². The Balaban J connectivity index is 2.14. The number of ether oxygens (including phenoxy) is 3. The standard InChI is InChI=1S/C11H15ClN2O4/c1-16-3-2-4-17-5-6-18-11(15)9-7-13-8-10(12)14-9/h7-8H,2-6H2,1H3. The van der Waals surface area contributed by atoms with E-state index in [1.165, 1.54) is 12.4 Å². The molecule has 7 heteroatoms. The first kappa shape index (κ1) is 14.8. The highest BCUT2D eigenvalue weighted by molar-refractivity contribution is 6.29. The van der Waals surface area contributed by atoms with Gasteiger partial charge in [-0.2, -0.15) is 0 Å². The second-order valence-electron chi connectivity index (χ2n) is 3.32. The Morgan fingerprint density at radius 3 is 2.83 bits per heavy atom. The van der Waals surface area contributed by atoms with Crippen LogP contribution in [0.3, 0.4) is 0 Å². The molecular weight excluding hydrogens is 260 g/mol. The zero-order valence-corrected chi connectivity index (χ0v) is 10.9. The molecule has 0 saturated carbocycles. The minimum atomic E-state index is -0.564. The summed E-state index contributed by atoms with van der Waals surface area (Å²) in [7, 11) is 1.63. The first-order valence-corrected chi connectivity index (χ1v) is 5.83. The van der Waals surface area contributed by atoms with Gasteiger partial charge in [-0.3, -0.25) is 4.98 Å². The van der Waals surface area contributed by atoms with Crippen molar-refractivity contribution in [2.45, 2.75) is 6.42 Å². The average molecular weight is 275 g/mol. The van der Waals surface area contributed by atoms with Crippen LogP contribution in [0.4, 0.5) is 0 Å². The van der Waals surface area contributed by atoms with Gasteiger partial charge in [0.15, 0.2) is 5.69 Å². The van der Waals surface area contributed by atoms with Crippen molar-refractivity contribution in [2.24, 2.45) is 0 Å². The molecule has 100 valence electrons. The minimum Gasteiger partial charge on any atom is -0.458 e. The summed E-state index contributed by atoms with van der Waals surface area (Å²) in [4.78, 5) is 19.0. The fourth-order valence-electron chi connectivity index (χ4n) is 1.12. The highest BCUT2D eigenvalue weighted by Crippen LogP contribution is 2.03. The van der Waals surface area contributed by atoms with Crippen LogP contribution in [0.15, 0.2) is 12.4 Å².